The van der Waals surface area contributed by atoms with Gasteiger partial charge in [-0.3, -0.25) is 14.7 Å². The predicted molar refractivity (Wildman–Crippen MR) is 112 cm³/mol. The molecule has 1 aliphatic carbocycles. The number of amides is 1. The molecule has 3 fully saturated rings. The minimum Gasteiger partial charge on any atom is -0.484 e. The molecule has 2 saturated heterocycles. The molecule has 0 bridgehead atoms. The van der Waals surface area contributed by atoms with Crippen LogP contribution in [0.4, 0.5) is 13.2 Å². The summed E-state index contributed by atoms with van der Waals surface area (Å²) in [6.45, 7) is 2.27. The van der Waals surface area contributed by atoms with Gasteiger partial charge >= 0.3 is 6.18 Å². The highest BCUT2D eigenvalue weighted by Crippen LogP contribution is 2.38. The van der Waals surface area contributed by atoms with Crippen molar-refractivity contribution in [3.8, 4) is 11.6 Å². The van der Waals surface area contributed by atoms with Gasteiger partial charge in [-0.15, -0.1) is 0 Å². The molecule has 2 atom stereocenters. The first kappa shape index (κ1) is 21.9. The molecule has 10 heteroatoms. The van der Waals surface area contributed by atoms with Crippen LogP contribution in [0.3, 0.4) is 0 Å². The topological polar surface area (TPSA) is 67.8 Å². The summed E-state index contributed by atoms with van der Waals surface area (Å²) in [5.41, 5.74) is 0.220. The molecule has 0 radical (unpaired) electrons. The van der Waals surface area contributed by atoms with Gasteiger partial charge in [-0.05, 0) is 31.0 Å². The summed E-state index contributed by atoms with van der Waals surface area (Å²) in [5.74, 6) is 0.859. The lowest BCUT2D eigenvalue weighted by atomic mass is 10.1. The zero-order valence-electron chi connectivity index (χ0n) is 18.0. The number of nitrogens with zero attached hydrogens (tertiary/aromatic N) is 4. The van der Waals surface area contributed by atoms with Crippen LogP contribution in [-0.2, 0) is 11.0 Å². The Morgan fingerprint density at radius 3 is 2.70 bits per heavy atom. The Bertz CT molecular complexity index is 997. The Labute approximate surface area is 189 Å². The average molecular weight is 462 g/mol. The van der Waals surface area contributed by atoms with E-state index < -0.39 is 11.7 Å². The van der Waals surface area contributed by atoms with E-state index in [2.05, 4.69) is 14.9 Å². The lowest BCUT2D eigenvalue weighted by Gasteiger charge is -2.37. The zero-order valence-corrected chi connectivity index (χ0v) is 18.0. The van der Waals surface area contributed by atoms with E-state index in [0.717, 1.165) is 30.8 Å². The van der Waals surface area contributed by atoms with Gasteiger partial charge in [0.15, 0.2) is 6.61 Å². The van der Waals surface area contributed by atoms with Gasteiger partial charge in [0.1, 0.15) is 11.9 Å². The van der Waals surface area contributed by atoms with Crippen molar-refractivity contribution in [3.05, 3.63) is 47.9 Å². The van der Waals surface area contributed by atoms with Crippen LogP contribution in [0.25, 0.3) is 0 Å². The van der Waals surface area contributed by atoms with Gasteiger partial charge < -0.3 is 14.4 Å². The number of halogens is 3. The van der Waals surface area contributed by atoms with Gasteiger partial charge in [0.05, 0.1) is 23.7 Å². The lowest BCUT2D eigenvalue weighted by molar-refractivity contribution is -0.137. The van der Waals surface area contributed by atoms with Crippen LogP contribution in [-0.4, -0.2) is 70.6 Å². The normalized spacial score (nSPS) is 23.3. The monoisotopic (exact) mass is 462 g/mol. The van der Waals surface area contributed by atoms with E-state index in [1.165, 1.54) is 25.0 Å². The van der Waals surface area contributed by atoms with E-state index in [0.29, 0.717) is 31.4 Å². The summed E-state index contributed by atoms with van der Waals surface area (Å²) < 4.78 is 49.9. The summed E-state index contributed by atoms with van der Waals surface area (Å²) in [6.07, 6.45) is 2.12. The number of alkyl halides is 3. The largest absolute Gasteiger partial charge is 0.484 e. The maximum atomic E-state index is 12.9. The fourth-order valence-corrected chi connectivity index (χ4v) is 4.45. The highest BCUT2D eigenvalue weighted by atomic mass is 19.4. The third kappa shape index (κ3) is 5.21. The van der Waals surface area contributed by atoms with Crippen molar-refractivity contribution >= 4 is 5.91 Å². The van der Waals surface area contributed by atoms with Crippen molar-refractivity contribution in [1.82, 2.24) is 19.8 Å². The van der Waals surface area contributed by atoms with Gasteiger partial charge in [-0.1, -0.05) is 6.07 Å². The smallest absolute Gasteiger partial charge is 0.416 e. The van der Waals surface area contributed by atoms with Gasteiger partial charge in [0.2, 0.25) is 5.88 Å². The maximum absolute atomic E-state index is 12.9. The van der Waals surface area contributed by atoms with Crippen molar-refractivity contribution in [2.45, 2.75) is 43.5 Å². The number of ether oxygens (including phenoxy) is 2. The summed E-state index contributed by atoms with van der Waals surface area (Å²) in [5, 5.41) is 0. The van der Waals surface area contributed by atoms with E-state index in [-0.39, 0.29) is 30.4 Å². The molecule has 2 aliphatic heterocycles. The number of carbonyl (C=O) groups excluding carboxylic acids is 1. The Morgan fingerprint density at radius 2 is 1.97 bits per heavy atom. The van der Waals surface area contributed by atoms with Gasteiger partial charge in [-0.2, -0.15) is 13.2 Å². The molecular formula is C23H25F3N4O3. The fraction of sp³-hybridized carbons (Fsp3) is 0.522. The van der Waals surface area contributed by atoms with Crippen molar-refractivity contribution < 1.29 is 27.4 Å². The Morgan fingerprint density at radius 1 is 1.12 bits per heavy atom. The minimum absolute atomic E-state index is 0.0208. The maximum Gasteiger partial charge on any atom is 0.416 e. The Hall–Kier alpha value is -2.88. The SMILES string of the molecule is O=C(COc1cccc(C(F)(F)F)c1)N1CCN2C[C@H](Oc3cnc(C4CC4)cn3)C[C@H]2C1. The summed E-state index contributed by atoms with van der Waals surface area (Å²) in [6, 6.07) is 4.73. The average Bonchev–Trinajstić information content (AvgIpc) is 3.57. The number of aromatic nitrogens is 2. The van der Waals surface area contributed by atoms with Crippen LogP contribution in [0, 0.1) is 0 Å². The molecular weight excluding hydrogens is 437 g/mol. The van der Waals surface area contributed by atoms with Gasteiger partial charge in [0.25, 0.3) is 5.91 Å². The second-order valence-electron chi connectivity index (χ2n) is 8.83. The summed E-state index contributed by atoms with van der Waals surface area (Å²) >= 11 is 0. The van der Waals surface area contributed by atoms with E-state index in [9.17, 15) is 18.0 Å². The first-order valence-electron chi connectivity index (χ1n) is 11.2. The molecule has 3 aliphatic rings. The van der Waals surface area contributed by atoms with Crippen LogP contribution in [0.15, 0.2) is 36.7 Å². The standard InChI is InChI=1S/C23H25F3N4O3/c24-23(25,26)16-2-1-3-18(8-16)32-14-22(31)30-7-6-29-13-19(9-17(29)12-30)33-21-11-27-20(10-28-21)15-4-5-15/h1-3,8,10-11,15,17,19H,4-7,9,12-14H2/t17-,19+/m0/s1. The summed E-state index contributed by atoms with van der Waals surface area (Å²) in [7, 11) is 0. The van der Waals surface area contributed by atoms with Crippen LogP contribution in [0.2, 0.25) is 0 Å². The number of rotatable bonds is 6. The van der Waals surface area contributed by atoms with Crippen LogP contribution in [0.5, 0.6) is 11.6 Å². The number of piperazine rings is 1. The molecule has 5 rings (SSSR count). The van der Waals surface area contributed by atoms with Gasteiger partial charge in [-0.25, -0.2) is 4.98 Å². The molecule has 0 unspecified atom stereocenters. The van der Waals surface area contributed by atoms with Gasteiger partial charge in [0, 0.05) is 44.6 Å². The van der Waals surface area contributed by atoms with E-state index in [1.807, 2.05) is 0 Å². The number of hydrogen-bond donors (Lipinski definition) is 0. The van der Waals surface area contributed by atoms with Crippen molar-refractivity contribution in [2.24, 2.45) is 0 Å². The molecule has 0 spiro atoms. The highest BCUT2D eigenvalue weighted by molar-refractivity contribution is 5.78. The van der Waals surface area contributed by atoms with E-state index in [1.54, 1.807) is 17.3 Å². The van der Waals surface area contributed by atoms with Crippen molar-refractivity contribution in [2.75, 3.05) is 32.8 Å². The van der Waals surface area contributed by atoms with E-state index >= 15 is 0 Å². The fourth-order valence-electron chi connectivity index (χ4n) is 4.45. The second kappa shape index (κ2) is 8.81. The molecule has 1 aromatic heterocycles. The first-order valence-corrected chi connectivity index (χ1v) is 11.2. The quantitative estimate of drug-likeness (QED) is 0.657. The van der Waals surface area contributed by atoms with Crippen LogP contribution in [0.1, 0.15) is 36.4 Å². The second-order valence-corrected chi connectivity index (χ2v) is 8.83. The number of fused-ring (bicyclic) bond motifs is 1. The number of benzene rings is 1. The van der Waals surface area contributed by atoms with Crippen LogP contribution >= 0.6 is 0 Å². The molecule has 33 heavy (non-hydrogen) atoms. The Balaban J connectivity index is 1.11. The molecule has 3 heterocycles. The molecule has 1 aromatic carbocycles. The molecule has 1 saturated carbocycles. The highest BCUT2D eigenvalue weighted by Gasteiger charge is 2.39. The summed E-state index contributed by atoms with van der Waals surface area (Å²) in [4.78, 5) is 25.5. The Kier molecular flexibility index (Phi) is 5.86. The van der Waals surface area contributed by atoms with Crippen molar-refractivity contribution in [3.63, 3.8) is 0 Å². The molecule has 7 nitrogen and oxygen atoms in total. The number of carbonyl (C=O) groups is 1. The lowest BCUT2D eigenvalue weighted by Crippen LogP contribution is -2.53. The van der Waals surface area contributed by atoms with Crippen molar-refractivity contribution in [1.29, 1.82) is 0 Å². The third-order valence-electron chi connectivity index (χ3n) is 6.39. The molecule has 0 N–H and O–H groups in total. The minimum atomic E-state index is -4.45. The third-order valence-corrected chi connectivity index (χ3v) is 6.39. The molecule has 1 amide bonds. The number of hydrogen-bond acceptors (Lipinski definition) is 6. The first-order chi connectivity index (χ1) is 15.8. The van der Waals surface area contributed by atoms with E-state index in [4.69, 9.17) is 9.47 Å². The van der Waals surface area contributed by atoms with Crippen LogP contribution < -0.4 is 9.47 Å². The molecule has 176 valence electrons. The zero-order chi connectivity index (χ0) is 23.0. The predicted octanol–water partition coefficient (Wildman–Crippen LogP) is 3.12. The molecule has 2 aromatic rings.